The first kappa shape index (κ1) is 31.2. The predicted molar refractivity (Wildman–Crippen MR) is 229 cm³/mol. The molecule has 0 atom stereocenters. The monoisotopic (exact) mass is 703 g/mol. The Balaban J connectivity index is 1.06. The molecule has 2 aromatic heterocycles. The quantitative estimate of drug-likeness (QED) is 0.173. The minimum absolute atomic E-state index is 0.889. The summed E-state index contributed by atoms with van der Waals surface area (Å²) in [7, 11) is 0. The molecule has 0 amide bonds. The molecule has 11 rings (SSSR count). The standard InChI is InChI=1S/C52H33NO2/c1-2-17-42-34(11-1)12-9-20-43(42)35-25-28-39(29-26-35)53(40-15-7-13-36(31-40)37-27-30-50-47(33-37)45-18-3-5-22-48(45)54-50)41-16-8-14-38(32-41)44-21-10-24-51-52(44)46-19-4-6-23-49(46)55-51/h1-33H. The van der Waals surface area contributed by atoms with Crippen LogP contribution in [0.25, 0.3) is 88.0 Å². The van der Waals surface area contributed by atoms with Crippen molar-refractivity contribution < 1.29 is 8.83 Å². The first-order valence-electron chi connectivity index (χ1n) is 18.7. The molecule has 3 heteroatoms. The normalized spacial score (nSPS) is 11.6. The van der Waals surface area contributed by atoms with Gasteiger partial charge in [0.2, 0.25) is 0 Å². The smallest absolute Gasteiger partial charge is 0.136 e. The van der Waals surface area contributed by atoms with Gasteiger partial charge >= 0.3 is 0 Å². The van der Waals surface area contributed by atoms with E-state index in [-0.39, 0.29) is 0 Å². The molecule has 0 aliphatic carbocycles. The average molecular weight is 704 g/mol. The summed E-state index contributed by atoms with van der Waals surface area (Å²) in [6.07, 6.45) is 0. The van der Waals surface area contributed by atoms with Crippen molar-refractivity contribution in [1.82, 2.24) is 0 Å². The third kappa shape index (κ3) is 5.28. The second kappa shape index (κ2) is 12.6. The molecule has 11 aromatic rings. The molecule has 0 saturated heterocycles. The van der Waals surface area contributed by atoms with E-state index in [1.165, 1.54) is 21.9 Å². The third-order valence-corrected chi connectivity index (χ3v) is 10.9. The maximum absolute atomic E-state index is 6.29. The van der Waals surface area contributed by atoms with Crippen molar-refractivity contribution in [3.63, 3.8) is 0 Å². The molecule has 0 aliphatic heterocycles. The van der Waals surface area contributed by atoms with Crippen LogP contribution in [-0.2, 0) is 0 Å². The molecule has 0 bridgehead atoms. The molecule has 0 fully saturated rings. The van der Waals surface area contributed by atoms with Crippen LogP contribution in [0.3, 0.4) is 0 Å². The highest BCUT2D eigenvalue weighted by molar-refractivity contribution is 6.12. The zero-order valence-electron chi connectivity index (χ0n) is 29.8. The van der Waals surface area contributed by atoms with Gasteiger partial charge in [0.25, 0.3) is 0 Å². The zero-order valence-corrected chi connectivity index (χ0v) is 29.8. The van der Waals surface area contributed by atoms with Crippen LogP contribution >= 0.6 is 0 Å². The number of anilines is 3. The number of furan rings is 2. The fraction of sp³-hybridized carbons (Fsp3) is 0. The Kier molecular flexibility index (Phi) is 7.17. The van der Waals surface area contributed by atoms with Gasteiger partial charge in [-0.15, -0.1) is 0 Å². The molecule has 0 spiro atoms. The van der Waals surface area contributed by atoms with Gasteiger partial charge in [0, 0.05) is 38.6 Å². The molecule has 0 saturated carbocycles. The first-order chi connectivity index (χ1) is 27.2. The topological polar surface area (TPSA) is 29.5 Å². The molecule has 0 N–H and O–H groups in total. The zero-order chi connectivity index (χ0) is 36.3. The van der Waals surface area contributed by atoms with Crippen LogP contribution in [0.1, 0.15) is 0 Å². The second-order valence-corrected chi connectivity index (χ2v) is 14.1. The average Bonchev–Trinajstić information content (AvgIpc) is 3.82. The molecule has 258 valence electrons. The number of hydrogen-bond acceptors (Lipinski definition) is 3. The molecule has 0 unspecified atom stereocenters. The van der Waals surface area contributed by atoms with Crippen LogP contribution in [0.4, 0.5) is 17.1 Å². The maximum Gasteiger partial charge on any atom is 0.136 e. The number of hydrogen-bond donors (Lipinski definition) is 0. The van der Waals surface area contributed by atoms with E-state index in [1.807, 2.05) is 24.3 Å². The lowest BCUT2D eigenvalue weighted by atomic mass is 9.97. The van der Waals surface area contributed by atoms with E-state index < -0.39 is 0 Å². The summed E-state index contributed by atoms with van der Waals surface area (Å²) >= 11 is 0. The van der Waals surface area contributed by atoms with Gasteiger partial charge in [-0.2, -0.15) is 0 Å². The molecule has 0 aliphatic rings. The molecule has 2 heterocycles. The van der Waals surface area contributed by atoms with Crippen LogP contribution in [-0.4, -0.2) is 0 Å². The van der Waals surface area contributed by atoms with Crippen molar-refractivity contribution in [3.8, 4) is 33.4 Å². The van der Waals surface area contributed by atoms with Crippen LogP contribution < -0.4 is 4.90 Å². The van der Waals surface area contributed by atoms with Gasteiger partial charge in [-0.3, -0.25) is 0 Å². The summed E-state index contributed by atoms with van der Waals surface area (Å²) < 4.78 is 12.5. The van der Waals surface area contributed by atoms with E-state index in [0.717, 1.165) is 83.2 Å². The van der Waals surface area contributed by atoms with Crippen molar-refractivity contribution in [2.24, 2.45) is 0 Å². The summed E-state index contributed by atoms with van der Waals surface area (Å²) in [6.45, 7) is 0. The van der Waals surface area contributed by atoms with Gasteiger partial charge in [-0.05, 0) is 111 Å². The Morgan fingerprint density at radius 2 is 0.836 bits per heavy atom. The summed E-state index contributed by atoms with van der Waals surface area (Å²) in [6, 6.07) is 71.1. The van der Waals surface area contributed by atoms with E-state index in [1.54, 1.807) is 0 Å². The third-order valence-electron chi connectivity index (χ3n) is 10.9. The highest BCUT2D eigenvalue weighted by Crippen LogP contribution is 2.42. The lowest BCUT2D eigenvalue weighted by molar-refractivity contribution is 0.668. The Bertz CT molecular complexity index is 3220. The number of benzene rings is 9. The van der Waals surface area contributed by atoms with Gasteiger partial charge in [-0.1, -0.05) is 133 Å². The predicted octanol–water partition coefficient (Wildman–Crippen LogP) is 15.1. The highest BCUT2D eigenvalue weighted by Gasteiger charge is 2.18. The van der Waals surface area contributed by atoms with E-state index in [2.05, 4.69) is 181 Å². The van der Waals surface area contributed by atoms with Gasteiger partial charge in [-0.25, -0.2) is 0 Å². The largest absolute Gasteiger partial charge is 0.456 e. The number of nitrogens with zero attached hydrogens (tertiary/aromatic N) is 1. The molecule has 55 heavy (non-hydrogen) atoms. The maximum atomic E-state index is 6.29. The highest BCUT2D eigenvalue weighted by atomic mass is 16.3. The van der Waals surface area contributed by atoms with E-state index >= 15 is 0 Å². The lowest BCUT2D eigenvalue weighted by Crippen LogP contribution is -2.10. The van der Waals surface area contributed by atoms with E-state index in [9.17, 15) is 0 Å². The minimum atomic E-state index is 0.889. The molecule has 3 nitrogen and oxygen atoms in total. The van der Waals surface area contributed by atoms with Crippen molar-refractivity contribution in [3.05, 3.63) is 200 Å². The summed E-state index contributed by atoms with van der Waals surface area (Å²) in [4.78, 5) is 2.36. The van der Waals surface area contributed by atoms with Gasteiger partial charge in [0.15, 0.2) is 0 Å². The van der Waals surface area contributed by atoms with Crippen LogP contribution in [0.15, 0.2) is 209 Å². The molecular formula is C52H33NO2. The van der Waals surface area contributed by atoms with E-state index in [4.69, 9.17) is 8.83 Å². The summed E-state index contributed by atoms with van der Waals surface area (Å²) in [5.74, 6) is 0. The molecular weight excluding hydrogens is 671 g/mol. The van der Waals surface area contributed by atoms with Gasteiger partial charge < -0.3 is 13.7 Å². The Morgan fingerprint density at radius 3 is 1.67 bits per heavy atom. The minimum Gasteiger partial charge on any atom is -0.456 e. The van der Waals surface area contributed by atoms with Crippen LogP contribution in [0.2, 0.25) is 0 Å². The fourth-order valence-electron chi connectivity index (χ4n) is 8.27. The van der Waals surface area contributed by atoms with Crippen molar-refractivity contribution >= 4 is 71.7 Å². The summed E-state index contributed by atoms with van der Waals surface area (Å²) in [5, 5.41) is 6.98. The van der Waals surface area contributed by atoms with Crippen LogP contribution in [0, 0.1) is 0 Å². The number of para-hydroxylation sites is 2. The fourth-order valence-corrected chi connectivity index (χ4v) is 8.27. The molecule has 0 radical (unpaired) electrons. The van der Waals surface area contributed by atoms with Crippen LogP contribution in [0.5, 0.6) is 0 Å². The second-order valence-electron chi connectivity index (χ2n) is 14.1. The molecule has 9 aromatic carbocycles. The van der Waals surface area contributed by atoms with E-state index in [0.29, 0.717) is 0 Å². The summed E-state index contributed by atoms with van der Waals surface area (Å²) in [5.41, 5.74) is 13.7. The first-order valence-corrected chi connectivity index (χ1v) is 18.7. The Morgan fingerprint density at radius 1 is 0.291 bits per heavy atom. The van der Waals surface area contributed by atoms with Crippen molar-refractivity contribution in [2.75, 3.05) is 4.90 Å². The lowest BCUT2D eigenvalue weighted by Gasteiger charge is -2.27. The SMILES string of the molecule is c1cc(-c2ccc3oc4ccccc4c3c2)cc(N(c2ccc(-c3cccc4ccccc34)cc2)c2cccc(-c3cccc4oc5ccccc5c34)c2)c1. The number of rotatable bonds is 6. The Labute approximate surface area is 317 Å². The Hall–Kier alpha value is -7.36. The number of fused-ring (bicyclic) bond motifs is 7. The van der Waals surface area contributed by atoms with Crippen molar-refractivity contribution in [2.45, 2.75) is 0 Å². The van der Waals surface area contributed by atoms with Crippen molar-refractivity contribution in [1.29, 1.82) is 0 Å². The van der Waals surface area contributed by atoms with Gasteiger partial charge in [0.05, 0.1) is 0 Å². The van der Waals surface area contributed by atoms with Gasteiger partial charge in [0.1, 0.15) is 22.3 Å².